The van der Waals surface area contributed by atoms with Crippen molar-refractivity contribution in [3.05, 3.63) is 0 Å². The van der Waals surface area contributed by atoms with Gasteiger partial charge in [-0.3, -0.25) is 0 Å². The molecule has 0 aliphatic heterocycles. The van der Waals surface area contributed by atoms with Gasteiger partial charge in [0.25, 0.3) is 0 Å². The Kier molecular flexibility index (Phi) is 5.46. The van der Waals surface area contributed by atoms with Crippen molar-refractivity contribution in [1.82, 2.24) is 5.32 Å². The van der Waals surface area contributed by atoms with E-state index in [0.29, 0.717) is 0 Å². The number of hydrogen-bond donors (Lipinski definition) is 1. The minimum absolute atomic E-state index is 0.194. The maximum absolute atomic E-state index is 11.7. The number of ether oxygens (including phenoxy) is 1. The fourth-order valence-electron chi connectivity index (χ4n) is 2.26. The zero-order valence-corrected chi connectivity index (χ0v) is 11.7. The molecule has 1 amide bonds. The fourth-order valence-corrected chi connectivity index (χ4v) is 2.26. The molecule has 4 nitrogen and oxygen atoms in total. The molecule has 0 heterocycles. The average molecular weight is 252 g/mol. The van der Waals surface area contributed by atoms with Crippen molar-refractivity contribution in [1.29, 1.82) is 5.26 Å². The van der Waals surface area contributed by atoms with E-state index in [9.17, 15) is 4.79 Å². The van der Waals surface area contributed by atoms with Gasteiger partial charge in [0.05, 0.1) is 6.07 Å². The summed E-state index contributed by atoms with van der Waals surface area (Å²) in [4.78, 5) is 11.7. The summed E-state index contributed by atoms with van der Waals surface area (Å²) in [6, 6.07) is 2.54. The number of amides is 1. The van der Waals surface area contributed by atoms with E-state index in [1.165, 1.54) is 0 Å². The van der Waals surface area contributed by atoms with Crippen molar-refractivity contribution in [2.45, 2.75) is 70.9 Å². The molecule has 0 aromatic heterocycles. The van der Waals surface area contributed by atoms with Gasteiger partial charge in [0.1, 0.15) is 5.60 Å². The topological polar surface area (TPSA) is 62.1 Å². The molecule has 4 heteroatoms. The summed E-state index contributed by atoms with van der Waals surface area (Å²) in [5, 5.41) is 11.8. The first kappa shape index (κ1) is 14.8. The summed E-state index contributed by atoms with van der Waals surface area (Å²) in [6.45, 7) is 5.59. The van der Waals surface area contributed by atoms with Crippen LogP contribution in [0.15, 0.2) is 0 Å². The third-order valence-electron chi connectivity index (χ3n) is 3.11. The van der Waals surface area contributed by atoms with Gasteiger partial charge in [0.15, 0.2) is 0 Å². The average Bonchev–Trinajstić information content (AvgIpc) is 2.19. The van der Waals surface area contributed by atoms with E-state index >= 15 is 0 Å². The van der Waals surface area contributed by atoms with Gasteiger partial charge >= 0.3 is 6.09 Å². The van der Waals surface area contributed by atoms with Gasteiger partial charge in [-0.2, -0.15) is 5.26 Å². The van der Waals surface area contributed by atoms with Crippen molar-refractivity contribution in [3.63, 3.8) is 0 Å². The number of nitriles is 1. The maximum atomic E-state index is 11.7. The molecule has 102 valence electrons. The summed E-state index contributed by atoms with van der Waals surface area (Å²) in [6.07, 6.45) is 5.45. The quantitative estimate of drug-likeness (QED) is 0.778. The molecule has 0 saturated heterocycles. The highest BCUT2D eigenvalue weighted by Gasteiger charge is 2.21. The van der Waals surface area contributed by atoms with E-state index in [0.717, 1.165) is 38.5 Å². The highest BCUT2D eigenvalue weighted by molar-refractivity contribution is 5.68. The zero-order valence-electron chi connectivity index (χ0n) is 11.7. The van der Waals surface area contributed by atoms with Crippen molar-refractivity contribution >= 4 is 6.09 Å². The Morgan fingerprint density at radius 1 is 1.22 bits per heavy atom. The van der Waals surface area contributed by atoms with Crippen molar-refractivity contribution < 1.29 is 9.53 Å². The monoisotopic (exact) mass is 252 g/mol. The van der Waals surface area contributed by atoms with Crippen LogP contribution in [0.1, 0.15) is 59.3 Å². The predicted octanol–water partition coefficient (Wildman–Crippen LogP) is 3.37. The summed E-state index contributed by atoms with van der Waals surface area (Å²) in [7, 11) is 0. The Hall–Kier alpha value is -1.24. The summed E-state index contributed by atoms with van der Waals surface area (Å²) < 4.78 is 5.25. The number of nitrogens with zero attached hydrogens (tertiary/aromatic N) is 1. The number of alkyl carbamates (subject to hydrolysis) is 1. The first-order valence-electron chi connectivity index (χ1n) is 6.80. The number of nitrogens with one attached hydrogen (secondary N) is 1. The zero-order chi connectivity index (χ0) is 13.6. The predicted molar refractivity (Wildman–Crippen MR) is 70.0 cm³/mol. The minimum atomic E-state index is -0.447. The van der Waals surface area contributed by atoms with Crippen LogP contribution in [-0.2, 0) is 4.74 Å². The van der Waals surface area contributed by atoms with Crippen LogP contribution >= 0.6 is 0 Å². The number of rotatable bonds is 1. The van der Waals surface area contributed by atoms with Crippen LogP contribution in [0.3, 0.4) is 0 Å². The third kappa shape index (κ3) is 5.90. The largest absolute Gasteiger partial charge is 0.444 e. The van der Waals surface area contributed by atoms with Crippen molar-refractivity contribution in [2.75, 3.05) is 0 Å². The first-order valence-corrected chi connectivity index (χ1v) is 6.80. The smallest absolute Gasteiger partial charge is 0.407 e. The molecular weight excluding hydrogens is 228 g/mol. The van der Waals surface area contributed by atoms with E-state index in [1.54, 1.807) is 0 Å². The molecule has 0 radical (unpaired) electrons. The maximum Gasteiger partial charge on any atom is 0.407 e. The van der Waals surface area contributed by atoms with Gasteiger partial charge in [0.2, 0.25) is 0 Å². The second kappa shape index (κ2) is 6.63. The highest BCUT2D eigenvalue weighted by atomic mass is 16.6. The van der Waals surface area contributed by atoms with Crippen LogP contribution in [-0.4, -0.2) is 17.7 Å². The molecule has 0 aromatic carbocycles. The summed E-state index contributed by atoms with van der Waals surface area (Å²) in [5.74, 6) is 0.201. The Morgan fingerprint density at radius 2 is 1.78 bits per heavy atom. The number of carbonyl (C=O) groups excluding carboxylic acids is 1. The van der Waals surface area contributed by atoms with Crippen molar-refractivity contribution in [2.24, 2.45) is 5.92 Å². The molecule has 0 spiro atoms. The molecule has 1 fully saturated rings. The molecule has 1 aliphatic carbocycles. The van der Waals surface area contributed by atoms with Crippen LogP contribution in [0.5, 0.6) is 0 Å². The van der Waals surface area contributed by atoms with Gasteiger partial charge in [-0.15, -0.1) is 0 Å². The second-order valence-corrected chi connectivity index (χ2v) is 6.03. The van der Waals surface area contributed by atoms with Gasteiger partial charge < -0.3 is 10.1 Å². The molecule has 0 aromatic rings. The molecule has 18 heavy (non-hydrogen) atoms. The second-order valence-electron chi connectivity index (χ2n) is 6.03. The Bertz CT molecular complexity index is 305. The van der Waals surface area contributed by atoms with Gasteiger partial charge in [-0.1, -0.05) is 12.8 Å². The molecule has 1 aliphatic rings. The lowest BCUT2D eigenvalue weighted by Gasteiger charge is -2.25. The highest BCUT2D eigenvalue weighted by Crippen LogP contribution is 2.22. The molecule has 0 unspecified atom stereocenters. The molecule has 1 saturated carbocycles. The molecule has 1 rings (SSSR count). The Balaban J connectivity index is 2.35. The van der Waals surface area contributed by atoms with Crippen LogP contribution in [0, 0.1) is 17.2 Å². The minimum Gasteiger partial charge on any atom is -0.444 e. The number of carbonyl (C=O) groups is 1. The fraction of sp³-hybridized carbons (Fsp3) is 0.857. The molecular formula is C14H24N2O2. The van der Waals surface area contributed by atoms with Crippen LogP contribution < -0.4 is 5.32 Å². The van der Waals surface area contributed by atoms with E-state index in [2.05, 4.69) is 11.4 Å². The Morgan fingerprint density at radius 3 is 2.22 bits per heavy atom. The molecule has 0 atom stereocenters. The first-order chi connectivity index (χ1) is 8.40. The normalized spacial score (nSPS) is 25.4. The van der Waals surface area contributed by atoms with Gasteiger partial charge in [-0.05, 0) is 46.5 Å². The lowest BCUT2D eigenvalue weighted by atomic mass is 9.90. The Labute approximate surface area is 110 Å². The molecule has 1 N–H and O–H groups in total. The lowest BCUT2D eigenvalue weighted by Crippen LogP contribution is -2.39. The van der Waals surface area contributed by atoms with Gasteiger partial charge in [0, 0.05) is 12.0 Å². The van der Waals surface area contributed by atoms with E-state index in [1.807, 2.05) is 20.8 Å². The third-order valence-corrected chi connectivity index (χ3v) is 3.11. The van der Waals surface area contributed by atoms with Gasteiger partial charge in [-0.25, -0.2) is 4.79 Å². The summed E-state index contributed by atoms with van der Waals surface area (Å²) >= 11 is 0. The van der Waals surface area contributed by atoms with E-state index in [4.69, 9.17) is 10.00 Å². The molecule has 0 bridgehead atoms. The van der Waals surface area contributed by atoms with Crippen molar-refractivity contribution in [3.8, 4) is 6.07 Å². The van der Waals surface area contributed by atoms with Crippen LogP contribution in [0.2, 0.25) is 0 Å². The van der Waals surface area contributed by atoms with E-state index < -0.39 is 5.60 Å². The van der Waals surface area contributed by atoms with Crippen LogP contribution in [0.25, 0.3) is 0 Å². The SMILES string of the molecule is CC(C)(C)OC(=O)NC1CCCC(C#N)CCC1. The number of hydrogen-bond acceptors (Lipinski definition) is 3. The van der Waals surface area contributed by atoms with Crippen LogP contribution in [0.4, 0.5) is 4.79 Å². The van der Waals surface area contributed by atoms with E-state index in [-0.39, 0.29) is 18.1 Å². The summed E-state index contributed by atoms with van der Waals surface area (Å²) in [5.41, 5.74) is -0.447. The lowest BCUT2D eigenvalue weighted by molar-refractivity contribution is 0.0496. The standard InChI is InChI=1S/C14H24N2O2/c1-14(2,3)18-13(17)16-12-8-4-6-11(10-15)7-5-9-12/h11-12H,4-9H2,1-3H3,(H,16,17).